The third-order valence-corrected chi connectivity index (χ3v) is 2.87. The first-order valence-corrected chi connectivity index (χ1v) is 4.64. The van der Waals surface area contributed by atoms with Gasteiger partial charge >= 0.3 is 0 Å². The van der Waals surface area contributed by atoms with Crippen LogP contribution in [-0.2, 0) is 6.61 Å². The lowest BCUT2D eigenvalue weighted by Gasteiger charge is -2.00. The fourth-order valence-corrected chi connectivity index (χ4v) is 2.12. The van der Waals surface area contributed by atoms with E-state index >= 15 is 0 Å². The van der Waals surface area contributed by atoms with Crippen LogP contribution in [0.4, 0.5) is 5.00 Å². The molecule has 0 aliphatic carbocycles. The van der Waals surface area contributed by atoms with Crippen LogP contribution in [0.25, 0.3) is 10.1 Å². The molecule has 0 saturated carbocycles. The van der Waals surface area contributed by atoms with Crippen molar-refractivity contribution in [2.75, 3.05) is 5.73 Å². The van der Waals surface area contributed by atoms with Crippen LogP contribution in [-0.4, -0.2) is 10.2 Å². The summed E-state index contributed by atoms with van der Waals surface area (Å²) in [5.74, 6) is 0.132. The van der Waals surface area contributed by atoms with E-state index in [1.807, 2.05) is 6.07 Å². The second kappa shape index (κ2) is 2.90. The number of hydrogen-bond acceptors (Lipinski definition) is 4. The minimum Gasteiger partial charge on any atom is -0.507 e. The van der Waals surface area contributed by atoms with Gasteiger partial charge in [-0.15, -0.1) is 11.3 Å². The highest BCUT2D eigenvalue weighted by molar-refractivity contribution is 7.22. The molecule has 0 aliphatic rings. The fourth-order valence-electron chi connectivity index (χ4n) is 1.29. The number of nitrogens with two attached hydrogens (primary N) is 1. The molecule has 0 radical (unpaired) electrons. The maximum atomic E-state index is 9.65. The summed E-state index contributed by atoms with van der Waals surface area (Å²) in [6.07, 6.45) is 0. The number of aliphatic hydroxyl groups excluding tert-OH is 1. The van der Waals surface area contributed by atoms with Gasteiger partial charge in [0.25, 0.3) is 0 Å². The Morgan fingerprint density at radius 3 is 2.85 bits per heavy atom. The molecule has 1 aromatic carbocycles. The number of nitrogen functional groups attached to an aromatic ring is 1. The number of aromatic hydroxyl groups is 1. The number of rotatable bonds is 1. The standard InChI is InChI=1S/C9H9NO2S/c10-8-3-6-7(13-8)2-1-5(4-11)9(6)12/h1-3,11-12H,4,10H2. The predicted molar refractivity (Wildman–Crippen MR) is 53.8 cm³/mol. The first kappa shape index (κ1) is 8.34. The van der Waals surface area contributed by atoms with Gasteiger partial charge in [-0.2, -0.15) is 0 Å². The van der Waals surface area contributed by atoms with E-state index in [2.05, 4.69) is 0 Å². The van der Waals surface area contributed by atoms with Crippen molar-refractivity contribution < 1.29 is 10.2 Å². The summed E-state index contributed by atoms with van der Waals surface area (Å²) in [5, 5.41) is 19.9. The van der Waals surface area contributed by atoms with Gasteiger partial charge in [-0.3, -0.25) is 0 Å². The number of benzene rings is 1. The van der Waals surface area contributed by atoms with E-state index in [1.165, 1.54) is 11.3 Å². The number of thiophene rings is 1. The Labute approximate surface area is 79.0 Å². The van der Waals surface area contributed by atoms with Gasteiger partial charge < -0.3 is 15.9 Å². The molecule has 4 N–H and O–H groups in total. The Bertz CT molecular complexity index is 450. The Kier molecular flexibility index (Phi) is 1.86. The molecule has 0 aliphatic heterocycles. The van der Waals surface area contributed by atoms with Crippen molar-refractivity contribution in [2.45, 2.75) is 6.61 Å². The van der Waals surface area contributed by atoms with Crippen molar-refractivity contribution in [3.63, 3.8) is 0 Å². The van der Waals surface area contributed by atoms with Gasteiger partial charge in [-0.05, 0) is 12.1 Å². The van der Waals surface area contributed by atoms with Gasteiger partial charge in [0.05, 0.1) is 11.6 Å². The van der Waals surface area contributed by atoms with Crippen molar-refractivity contribution in [2.24, 2.45) is 0 Å². The third-order valence-electron chi connectivity index (χ3n) is 1.95. The summed E-state index contributed by atoms with van der Waals surface area (Å²) in [5.41, 5.74) is 6.13. The molecule has 0 bridgehead atoms. The lowest BCUT2D eigenvalue weighted by atomic mass is 10.1. The third kappa shape index (κ3) is 1.24. The van der Waals surface area contributed by atoms with Gasteiger partial charge in [0.2, 0.25) is 0 Å². The van der Waals surface area contributed by atoms with Crippen LogP contribution in [0.15, 0.2) is 18.2 Å². The van der Waals surface area contributed by atoms with Crippen LogP contribution in [0.2, 0.25) is 0 Å². The normalized spacial score (nSPS) is 10.8. The van der Waals surface area contributed by atoms with Crippen molar-refractivity contribution in [1.82, 2.24) is 0 Å². The van der Waals surface area contributed by atoms with E-state index < -0.39 is 0 Å². The molecule has 0 fully saturated rings. The Balaban J connectivity index is 2.78. The molecule has 2 rings (SSSR count). The maximum Gasteiger partial charge on any atom is 0.129 e. The molecule has 13 heavy (non-hydrogen) atoms. The average molecular weight is 195 g/mol. The van der Waals surface area contributed by atoms with Gasteiger partial charge in [0.15, 0.2) is 0 Å². The zero-order valence-electron chi connectivity index (χ0n) is 6.82. The monoisotopic (exact) mass is 195 g/mol. The summed E-state index contributed by atoms with van der Waals surface area (Å²) < 4.78 is 0.937. The lowest BCUT2D eigenvalue weighted by molar-refractivity contribution is 0.276. The summed E-state index contributed by atoms with van der Waals surface area (Å²) in [4.78, 5) is 0. The van der Waals surface area contributed by atoms with Crippen LogP contribution in [0.3, 0.4) is 0 Å². The van der Waals surface area contributed by atoms with E-state index in [-0.39, 0.29) is 12.4 Å². The minimum absolute atomic E-state index is 0.132. The number of hydrogen-bond donors (Lipinski definition) is 3. The topological polar surface area (TPSA) is 66.5 Å². The molecule has 0 unspecified atom stereocenters. The van der Waals surface area contributed by atoms with Gasteiger partial charge in [0.1, 0.15) is 5.75 Å². The summed E-state index contributed by atoms with van der Waals surface area (Å²) in [6, 6.07) is 5.27. The van der Waals surface area contributed by atoms with Crippen LogP contribution in [0, 0.1) is 0 Å². The highest BCUT2D eigenvalue weighted by atomic mass is 32.1. The number of fused-ring (bicyclic) bond motifs is 1. The smallest absolute Gasteiger partial charge is 0.129 e. The number of phenols is 1. The van der Waals surface area contributed by atoms with E-state index in [4.69, 9.17) is 10.8 Å². The fraction of sp³-hybridized carbons (Fsp3) is 0.111. The Morgan fingerprint density at radius 2 is 2.15 bits per heavy atom. The zero-order valence-corrected chi connectivity index (χ0v) is 7.64. The summed E-state index contributed by atoms with van der Waals surface area (Å²) in [7, 11) is 0. The van der Waals surface area contributed by atoms with Gasteiger partial charge in [-0.1, -0.05) is 6.07 Å². The molecular weight excluding hydrogens is 186 g/mol. The van der Waals surface area contributed by atoms with Crippen molar-refractivity contribution in [1.29, 1.82) is 0 Å². The molecule has 3 nitrogen and oxygen atoms in total. The summed E-state index contributed by atoms with van der Waals surface area (Å²) >= 11 is 1.42. The molecule has 4 heteroatoms. The average Bonchev–Trinajstić information content (AvgIpc) is 2.47. The van der Waals surface area contributed by atoms with Crippen LogP contribution >= 0.6 is 11.3 Å². The first-order valence-electron chi connectivity index (χ1n) is 3.83. The molecule has 0 saturated heterocycles. The van der Waals surface area contributed by atoms with Crippen molar-refractivity contribution >= 4 is 26.4 Å². The SMILES string of the molecule is Nc1cc2c(O)c(CO)ccc2s1. The quantitative estimate of drug-likeness (QED) is 0.648. The zero-order chi connectivity index (χ0) is 9.42. The number of anilines is 1. The molecule has 1 aromatic heterocycles. The van der Waals surface area contributed by atoms with Crippen LogP contribution in [0.5, 0.6) is 5.75 Å². The van der Waals surface area contributed by atoms with E-state index in [0.29, 0.717) is 16.0 Å². The maximum absolute atomic E-state index is 9.65. The van der Waals surface area contributed by atoms with Gasteiger partial charge in [-0.25, -0.2) is 0 Å². The summed E-state index contributed by atoms with van der Waals surface area (Å²) in [6.45, 7) is -0.155. The number of aliphatic hydroxyl groups is 1. The van der Waals surface area contributed by atoms with Crippen LogP contribution < -0.4 is 5.73 Å². The molecule has 68 valence electrons. The lowest BCUT2D eigenvalue weighted by Crippen LogP contribution is -1.82. The van der Waals surface area contributed by atoms with Gasteiger partial charge in [0, 0.05) is 15.6 Å². The van der Waals surface area contributed by atoms with E-state index in [0.717, 1.165) is 4.70 Å². The van der Waals surface area contributed by atoms with E-state index in [9.17, 15) is 5.11 Å². The minimum atomic E-state index is -0.155. The molecule has 1 heterocycles. The molecule has 0 spiro atoms. The highest BCUT2D eigenvalue weighted by Crippen LogP contribution is 2.35. The predicted octanol–water partition coefficient (Wildman–Crippen LogP) is 1.68. The molecule has 2 aromatic rings. The second-order valence-electron chi connectivity index (χ2n) is 2.79. The van der Waals surface area contributed by atoms with Crippen molar-refractivity contribution in [3.8, 4) is 5.75 Å². The van der Waals surface area contributed by atoms with Crippen molar-refractivity contribution in [3.05, 3.63) is 23.8 Å². The Morgan fingerprint density at radius 1 is 1.38 bits per heavy atom. The highest BCUT2D eigenvalue weighted by Gasteiger charge is 2.07. The Hall–Kier alpha value is -1.26. The largest absolute Gasteiger partial charge is 0.507 e. The van der Waals surface area contributed by atoms with E-state index in [1.54, 1.807) is 12.1 Å². The second-order valence-corrected chi connectivity index (χ2v) is 3.91. The molecule has 0 atom stereocenters. The molecular formula is C9H9NO2S. The molecule has 0 amide bonds. The van der Waals surface area contributed by atoms with Crippen LogP contribution in [0.1, 0.15) is 5.56 Å². The first-order chi connectivity index (χ1) is 6.22.